The van der Waals surface area contributed by atoms with Crippen molar-refractivity contribution in [3.63, 3.8) is 0 Å². The van der Waals surface area contributed by atoms with E-state index in [0.717, 1.165) is 9.79 Å². The number of phenolic OH excluding ortho intramolecular Hbond substituents is 2. The molecule has 5 nitrogen and oxygen atoms in total. The molecule has 35 heavy (non-hydrogen) atoms. The second-order valence-corrected chi connectivity index (χ2v) is 10.5. The third kappa shape index (κ3) is 7.25. The van der Waals surface area contributed by atoms with Crippen LogP contribution in [0.4, 0.5) is 13.2 Å². The Labute approximate surface area is 203 Å². The molecular weight excluding hydrogens is 501 g/mol. The van der Waals surface area contributed by atoms with E-state index in [1.54, 1.807) is 24.3 Å². The van der Waals surface area contributed by atoms with Crippen molar-refractivity contribution in [3.05, 3.63) is 109 Å². The molecule has 4 aromatic carbocycles. The Balaban J connectivity index is 0.000000214. The first-order valence-electron chi connectivity index (χ1n) is 9.96. The first-order chi connectivity index (χ1) is 16.4. The van der Waals surface area contributed by atoms with Crippen molar-refractivity contribution in [1.82, 2.24) is 0 Å². The highest BCUT2D eigenvalue weighted by Crippen LogP contribution is 2.32. The summed E-state index contributed by atoms with van der Waals surface area (Å²) >= 11 is 0. The Hall–Kier alpha value is -3.47. The fraction of sp³-hybridized carbons (Fsp3) is 0.0400. The molecule has 4 aromatic rings. The van der Waals surface area contributed by atoms with E-state index < -0.39 is 26.8 Å². The molecule has 0 radical (unpaired) electrons. The monoisotopic (exact) mass is 520 g/mol. The van der Waals surface area contributed by atoms with Crippen LogP contribution in [0.15, 0.2) is 123 Å². The van der Waals surface area contributed by atoms with Gasteiger partial charge in [-0.3, -0.25) is 0 Å². The van der Waals surface area contributed by atoms with Gasteiger partial charge in [-0.2, -0.15) is 13.2 Å². The molecule has 0 bridgehead atoms. The van der Waals surface area contributed by atoms with Gasteiger partial charge in [0.2, 0.25) is 0 Å². The zero-order valence-corrected chi connectivity index (χ0v) is 19.5. The summed E-state index contributed by atoms with van der Waals surface area (Å²) in [6.45, 7) is 0. The minimum Gasteiger partial charge on any atom is -0.744 e. The first-order valence-corrected chi connectivity index (χ1v) is 12.6. The maximum Gasteiger partial charge on any atom is 0.416 e. The van der Waals surface area contributed by atoms with Crippen LogP contribution in [0, 0.1) is 0 Å². The molecule has 0 aromatic heterocycles. The van der Waals surface area contributed by atoms with Crippen molar-refractivity contribution in [1.29, 1.82) is 0 Å². The molecule has 0 aliphatic carbocycles. The molecule has 0 heterocycles. The van der Waals surface area contributed by atoms with Crippen molar-refractivity contribution >= 4 is 21.0 Å². The predicted octanol–water partition coefficient (Wildman–Crippen LogP) is 5.80. The minimum atomic E-state index is -4.68. The maximum atomic E-state index is 12.0. The molecule has 0 spiro atoms. The van der Waals surface area contributed by atoms with Crippen LogP contribution >= 0.6 is 0 Å². The maximum absolute atomic E-state index is 12.0. The standard InChI is InChI=1S/C18H14O2S.C7H5F3O3S/c19-14-6-10-17(11-7-14)21(16-4-2-1-3-5-16)18-12-8-15(20)9-13-18;8-7(9,10)5-1-3-6(4-2-5)14(11,12)13/h1-13H,(H-,19,20);1-4H,(H,11,12,13). The van der Waals surface area contributed by atoms with Crippen molar-refractivity contribution in [2.45, 2.75) is 25.8 Å². The van der Waals surface area contributed by atoms with E-state index in [1.807, 2.05) is 42.5 Å². The zero-order valence-electron chi connectivity index (χ0n) is 17.9. The largest absolute Gasteiger partial charge is 0.744 e. The number of hydrogen-bond acceptors (Lipinski definition) is 5. The molecule has 2 N–H and O–H groups in total. The molecule has 0 atom stereocenters. The SMILES string of the molecule is O=S(=O)([O-])c1ccc(C(F)(F)F)cc1.Oc1ccc([S+](c2ccccc2)c2ccc(O)cc2)cc1. The summed E-state index contributed by atoms with van der Waals surface area (Å²) in [4.78, 5) is 2.79. The Kier molecular flexibility index (Phi) is 8.11. The fourth-order valence-electron chi connectivity index (χ4n) is 2.94. The van der Waals surface area contributed by atoms with Gasteiger partial charge in [0.25, 0.3) is 0 Å². The van der Waals surface area contributed by atoms with Gasteiger partial charge in [-0.15, -0.1) is 0 Å². The topological polar surface area (TPSA) is 97.7 Å². The van der Waals surface area contributed by atoms with E-state index in [1.165, 1.54) is 4.90 Å². The molecule has 0 unspecified atom stereocenters. The Morgan fingerprint density at radius 1 is 0.629 bits per heavy atom. The van der Waals surface area contributed by atoms with E-state index in [-0.39, 0.29) is 22.4 Å². The van der Waals surface area contributed by atoms with Gasteiger partial charge in [0.1, 0.15) is 21.6 Å². The van der Waals surface area contributed by atoms with Gasteiger partial charge in [0, 0.05) is 0 Å². The zero-order chi connectivity index (χ0) is 25.6. The molecule has 10 heteroatoms. The average molecular weight is 521 g/mol. The molecule has 0 saturated carbocycles. The molecule has 0 aliphatic heterocycles. The van der Waals surface area contributed by atoms with Gasteiger partial charge >= 0.3 is 6.18 Å². The average Bonchev–Trinajstić information content (AvgIpc) is 2.82. The molecular formula is C25H19F3O5S2. The number of rotatable bonds is 4. The van der Waals surface area contributed by atoms with E-state index >= 15 is 0 Å². The van der Waals surface area contributed by atoms with Crippen LogP contribution in [0.25, 0.3) is 0 Å². The van der Waals surface area contributed by atoms with Gasteiger partial charge in [-0.05, 0) is 84.9 Å². The smallest absolute Gasteiger partial charge is 0.416 e. The van der Waals surface area contributed by atoms with E-state index in [9.17, 15) is 36.4 Å². The van der Waals surface area contributed by atoms with Crippen LogP contribution in [-0.2, 0) is 27.2 Å². The van der Waals surface area contributed by atoms with Gasteiger partial charge in [-0.1, -0.05) is 18.2 Å². The molecule has 0 aliphatic rings. The molecule has 0 saturated heterocycles. The summed E-state index contributed by atoms with van der Waals surface area (Å²) in [6.07, 6.45) is -4.54. The van der Waals surface area contributed by atoms with Gasteiger partial charge < -0.3 is 14.8 Å². The summed E-state index contributed by atoms with van der Waals surface area (Å²) in [5.41, 5.74) is -0.995. The van der Waals surface area contributed by atoms with Gasteiger partial charge in [0.15, 0.2) is 14.7 Å². The van der Waals surface area contributed by atoms with Gasteiger partial charge in [-0.25, -0.2) is 8.42 Å². The number of phenols is 2. The van der Waals surface area contributed by atoms with Crippen molar-refractivity contribution in [3.8, 4) is 11.5 Å². The van der Waals surface area contributed by atoms with E-state index in [0.29, 0.717) is 24.3 Å². The summed E-state index contributed by atoms with van der Waals surface area (Å²) < 4.78 is 67.0. The van der Waals surface area contributed by atoms with Crippen LogP contribution in [-0.4, -0.2) is 23.2 Å². The number of hydrogen-bond donors (Lipinski definition) is 2. The Morgan fingerprint density at radius 3 is 1.40 bits per heavy atom. The summed E-state index contributed by atoms with van der Waals surface area (Å²) in [5, 5.41) is 19.0. The summed E-state index contributed by atoms with van der Waals surface area (Å²) in [6, 6.07) is 27.2. The lowest BCUT2D eigenvalue weighted by molar-refractivity contribution is -0.137. The highest BCUT2D eigenvalue weighted by Gasteiger charge is 2.30. The second-order valence-electron chi connectivity index (χ2n) is 7.08. The van der Waals surface area contributed by atoms with E-state index in [2.05, 4.69) is 12.1 Å². The van der Waals surface area contributed by atoms with Crippen LogP contribution in [0.2, 0.25) is 0 Å². The summed E-state index contributed by atoms with van der Waals surface area (Å²) in [7, 11) is -4.94. The first kappa shape index (κ1) is 26.1. The fourth-order valence-corrected chi connectivity index (χ4v) is 5.47. The lowest BCUT2D eigenvalue weighted by Crippen LogP contribution is -2.05. The quantitative estimate of drug-likeness (QED) is 0.262. The Morgan fingerprint density at radius 2 is 1.03 bits per heavy atom. The Bertz CT molecular complexity index is 1290. The number of halogens is 3. The molecule has 182 valence electrons. The lowest BCUT2D eigenvalue weighted by Gasteiger charge is -2.09. The molecule has 0 amide bonds. The lowest BCUT2D eigenvalue weighted by atomic mass is 10.2. The third-order valence-electron chi connectivity index (χ3n) is 4.59. The van der Waals surface area contributed by atoms with Crippen LogP contribution in [0.5, 0.6) is 11.5 Å². The van der Waals surface area contributed by atoms with Crippen molar-refractivity contribution in [2.24, 2.45) is 0 Å². The molecule has 4 rings (SSSR count). The van der Waals surface area contributed by atoms with Crippen molar-refractivity contribution < 1.29 is 36.4 Å². The normalized spacial score (nSPS) is 11.6. The molecule has 0 fully saturated rings. The highest BCUT2D eigenvalue weighted by molar-refractivity contribution is 7.97. The second kappa shape index (κ2) is 10.9. The third-order valence-corrected chi connectivity index (χ3v) is 7.67. The predicted molar refractivity (Wildman–Crippen MR) is 124 cm³/mol. The summed E-state index contributed by atoms with van der Waals surface area (Å²) in [5.74, 6) is 0.530. The van der Waals surface area contributed by atoms with Crippen LogP contribution in [0.3, 0.4) is 0 Å². The van der Waals surface area contributed by atoms with Gasteiger partial charge in [0.05, 0.1) is 21.4 Å². The number of aromatic hydroxyl groups is 2. The number of alkyl halides is 3. The highest BCUT2D eigenvalue weighted by atomic mass is 32.2. The van der Waals surface area contributed by atoms with Crippen LogP contribution < -0.4 is 0 Å². The van der Waals surface area contributed by atoms with Crippen LogP contribution in [0.1, 0.15) is 5.56 Å². The van der Waals surface area contributed by atoms with E-state index in [4.69, 9.17) is 0 Å². The number of benzene rings is 4. The van der Waals surface area contributed by atoms with Crippen molar-refractivity contribution in [2.75, 3.05) is 0 Å². The minimum absolute atomic E-state index is 0.253.